The van der Waals surface area contributed by atoms with Crippen LogP contribution in [0.5, 0.6) is 0 Å². The summed E-state index contributed by atoms with van der Waals surface area (Å²) in [5.41, 5.74) is 3.27. The molecule has 0 saturated carbocycles. The molecule has 1 N–H and O–H groups in total. The SMILES string of the molecule is C1=CCC(c2c[nH]c3ncccc23)=NC1. The van der Waals surface area contributed by atoms with Crippen LogP contribution in [0.4, 0.5) is 0 Å². The van der Waals surface area contributed by atoms with E-state index in [4.69, 9.17) is 0 Å². The number of pyridine rings is 1. The topological polar surface area (TPSA) is 41.0 Å². The number of H-pyrrole nitrogens is 1. The molecular weight excluding hydrogens is 186 g/mol. The number of rotatable bonds is 1. The first-order valence-corrected chi connectivity index (χ1v) is 5.06. The number of allylic oxidation sites excluding steroid dienone is 1. The predicted molar refractivity (Wildman–Crippen MR) is 61.3 cm³/mol. The highest BCUT2D eigenvalue weighted by Gasteiger charge is 2.10. The Balaban J connectivity index is 2.15. The summed E-state index contributed by atoms with van der Waals surface area (Å²) < 4.78 is 0. The first-order chi connectivity index (χ1) is 7.45. The van der Waals surface area contributed by atoms with Crippen molar-refractivity contribution < 1.29 is 0 Å². The van der Waals surface area contributed by atoms with Gasteiger partial charge in [-0.25, -0.2) is 4.98 Å². The summed E-state index contributed by atoms with van der Waals surface area (Å²) >= 11 is 0. The molecule has 0 radical (unpaired) electrons. The maximum Gasteiger partial charge on any atom is 0.137 e. The summed E-state index contributed by atoms with van der Waals surface area (Å²) in [5.74, 6) is 0. The molecule has 0 bridgehead atoms. The van der Waals surface area contributed by atoms with E-state index in [1.165, 1.54) is 5.56 Å². The van der Waals surface area contributed by atoms with Gasteiger partial charge in [0, 0.05) is 35.5 Å². The Labute approximate surface area is 87.6 Å². The average molecular weight is 197 g/mol. The van der Waals surface area contributed by atoms with Crippen molar-refractivity contribution in [3.63, 3.8) is 0 Å². The summed E-state index contributed by atoms with van der Waals surface area (Å²) in [7, 11) is 0. The Morgan fingerprint density at radius 1 is 1.27 bits per heavy atom. The fourth-order valence-electron chi connectivity index (χ4n) is 1.89. The van der Waals surface area contributed by atoms with E-state index in [2.05, 4.69) is 33.2 Å². The molecule has 3 heterocycles. The average Bonchev–Trinajstić information content (AvgIpc) is 2.74. The fourth-order valence-corrected chi connectivity index (χ4v) is 1.89. The first kappa shape index (κ1) is 8.41. The summed E-state index contributed by atoms with van der Waals surface area (Å²) in [4.78, 5) is 11.9. The maximum absolute atomic E-state index is 4.50. The third kappa shape index (κ3) is 1.36. The van der Waals surface area contributed by atoms with Crippen molar-refractivity contribution in [2.75, 3.05) is 6.54 Å². The van der Waals surface area contributed by atoms with Gasteiger partial charge in [0.25, 0.3) is 0 Å². The highest BCUT2D eigenvalue weighted by atomic mass is 14.8. The third-order valence-corrected chi connectivity index (χ3v) is 2.63. The minimum Gasteiger partial charge on any atom is -0.345 e. The minimum absolute atomic E-state index is 0.794. The maximum atomic E-state index is 4.50. The lowest BCUT2D eigenvalue weighted by Crippen LogP contribution is -2.02. The molecule has 0 amide bonds. The molecule has 0 spiro atoms. The van der Waals surface area contributed by atoms with Crippen molar-refractivity contribution in [3.05, 3.63) is 42.2 Å². The van der Waals surface area contributed by atoms with Gasteiger partial charge in [-0.2, -0.15) is 0 Å². The molecule has 1 aliphatic heterocycles. The molecular formula is C12H11N3. The standard InChI is InChI=1S/C12H11N3/c1-2-6-13-11(5-1)10-8-15-12-9(10)4-3-7-14-12/h1-4,7-8H,5-6H2,(H,14,15). The summed E-state index contributed by atoms with van der Waals surface area (Å²) in [6, 6.07) is 4.04. The lowest BCUT2D eigenvalue weighted by atomic mass is 10.1. The Kier molecular flexibility index (Phi) is 1.88. The van der Waals surface area contributed by atoms with Crippen LogP contribution in [0.3, 0.4) is 0 Å². The smallest absolute Gasteiger partial charge is 0.137 e. The zero-order valence-corrected chi connectivity index (χ0v) is 8.27. The molecule has 0 aromatic carbocycles. The molecule has 0 saturated heterocycles. The highest BCUT2D eigenvalue weighted by molar-refractivity contribution is 6.10. The number of fused-ring (bicyclic) bond motifs is 1. The second kappa shape index (κ2) is 3.35. The summed E-state index contributed by atoms with van der Waals surface area (Å²) in [5, 5.41) is 1.16. The van der Waals surface area contributed by atoms with E-state index in [1.54, 1.807) is 6.20 Å². The number of hydrogen-bond acceptors (Lipinski definition) is 2. The zero-order valence-electron chi connectivity index (χ0n) is 8.27. The van der Waals surface area contributed by atoms with Gasteiger partial charge in [0.2, 0.25) is 0 Å². The van der Waals surface area contributed by atoms with Gasteiger partial charge in [0.05, 0.1) is 6.54 Å². The van der Waals surface area contributed by atoms with Crippen LogP contribution in [0, 0.1) is 0 Å². The van der Waals surface area contributed by atoms with Crippen LogP contribution in [0.25, 0.3) is 11.0 Å². The monoisotopic (exact) mass is 197 g/mol. The number of nitrogens with one attached hydrogen (secondary N) is 1. The molecule has 3 nitrogen and oxygen atoms in total. The fraction of sp³-hybridized carbons (Fsp3) is 0.167. The van der Waals surface area contributed by atoms with Crippen molar-refractivity contribution in [2.24, 2.45) is 4.99 Å². The molecule has 15 heavy (non-hydrogen) atoms. The molecule has 0 aliphatic carbocycles. The Morgan fingerprint density at radius 2 is 2.27 bits per heavy atom. The number of hydrogen-bond donors (Lipinski definition) is 1. The Bertz CT molecular complexity index is 549. The number of dihydropyridines is 1. The molecule has 2 aromatic rings. The van der Waals surface area contributed by atoms with E-state index >= 15 is 0 Å². The minimum atomic E-state index is 0.794. The zero-order chi connectivity index (χ0) is 10.1. The molecule has 2 aromatic heterocycles. The number of aliphatic imine (C=N–C) groups is 1. The van der Waals surface area contributed by atoms with Crippen LogP contribution in [0.2, 0.25) is 0 Å². The van der Waals surface area contributed by atoms with Crippen molar-refractivity contribution in [3.8, 4) is 0 Å². The molecule has 3 heteroatoms. The Hall–Kier alpha value is -1.90. The van der Waals surface area contributed by atoms with Crippen LogP contribution < -0.4 is 0 Å². The van der Waals surface area contributed by atoms with E-state index in [0.29, 0.717) is 0 Å². The predicted octanol–water partition coefficient (Wildman–Crippen LogP) is 2.31. The molecule has 0 unspecified atom stereocenters. The van der Waals surface area contributed by atoms with Gasteiger partial charge in [-0.05, 0) is 12.1 Å². The Morgan fingerprint density at radius 3 is 3.13 bits per heavy atom. The van der Waals surface area contributed by atoms with E-state index in [0.717, 1.165) is 29.7 Å². The van der Waals surface area contributed by atoms with E-state index in [1.807, 2.05) is 12.3 Å². The van der Waals surface area contributed by atoms with Gasteiger partial charge in [-0.1, -0.05) is 12.2 Å². The van der Waals surface area contributed by atoms with E-state index in [9.17, 15) is 0 Å². The van der Waals surface area contributed by atoms with Crippen molar-refractivity contribution in [1.29, 1.82) is 0 Å². The third-order valence-electron chi connectivity index (χ3n) is 2.63. The van der Waals surface area contributed by atoms with Gasteiger partial charge in [-0.3, -0.25) is 4.99 Å². The number of nitrogens with zero attached hydrogens (tertiary/aromatic N) is 2. The lowest BCUT2D eigenvalue weighted by molar-refractivity contribution is 1.17. The summed E-state index contributed by atoms with van der Waals surface area (Å²) in [6.07, 6.45) is 8.97. The van der Waals surface area contributed by atoms with Crippen molar-refractivity contribution >= 4 is 16.7 Å². The number of aromatic nitrogens is 2. The van der Waals surface area contributed by atoms with Crippen molar-refractivity contribution in [2.45, 2.75) is 6.42 Å². The largest absolute Gasteiger partial charge is 0.345 e. The highest BCUT2D eigenvalue weighted by Crippen LogP contribution is 2.19. The summed E-state index contributed by atoms with van der Waals surface area (Å²) in [6.45, 7) is 0.794. The molecule has 1 aliphatic rings. The van der Waals surface area contributed by atoms with Gasteiger partial charge in [0.15, 0.2) is 0 Å². The van der Waals surface area contributed by atoms with Crippen LogP contribution in [-0.4, -0.2) is 22.2 Å². The quantitative estimate of drug-likeness (QED) is 0.700. The van der Waals surface area contributed by atoms with E-state index in [-0.39, 0.29) is 0 Å². The van der Waals surface area contributed by atoms with Crippen LogP contribution in [0.15, 0.2) is 41.7 Å². The second-order valence-electron chi connectivity index (χ2n) is 3.56. The van der Waals surface area contributed by atoms with E-state index < -0.39 is 0 Å². The molecule has 3 rings (SSSR count). The van der Waals surface area contributed by atoms with Crippen LogP contribution in [-0.2, 0) is 0 Å². The van der Waals surface area contributed by atoms with Gasteiger partial charge >= 0.3 is 0 Å². The normalized spacial score (nSPS) is 15.6. The lowest BCUT2D eigenvalue weighted by Gasteiger charge is -2.05. The molecule has 0 atom stereocenters. The van der Waals surface area contributed by atoms with Crippen LogP contribution >= 0.6 is 0 Å². The van der Waals surface area contributed by atoms with Gasteiger partial charge in [-0.15, -0.1) is 0 Å². The van der Waals surface area contributed by atoms with Gasteiger partial charge < -0.3 is 4.98 Å². The second-order valence-corrected chi connectivity index (χ2v) is 3.56. The molecule has 0 fully saturated rings. The van der Waals surface area contributed by atoms with Crippen LogP contribution in [0.1, 0.15) is 12.0 Å². The van der Waals surface area contributed by atoms with Crippen molar-refractivity contribution in [1.82, 2.24) is 9.97 Å². The van der Waals surface area contributed by atoms with Gasteiger partial charge in [0.1, 0.15) is 5.65 Å². The molecule has 74 valence electrons. The first-order valence-electron chi connectivity index (χ1n) is 5.06. The number of aromatic amines is 1.